The van der Waals surface area contributed by atoms with Gasteiger partial charge < -0.3 is 14.9 Å². The molecule has 0 aromatic carbocycles. The van der Waals surface area contributed by atoms with E-state index in [0.717, 1.165) is 24.5 Å². The topological polar surface area (TPSA) is 48.4 Å². The number of furan rings is 1. The van der Waals surface area contributed by atoms with Gasteiger partial charge in [0.05, 0.1) is 6.54 Å². The van der Waals surface area contributed by atoms with Crippen molar-refractivity contribution in [3.05, 3.63) is 23.7 Å². The van der Waals surface area contributed by atoms with E-state index in [1.807, 2.05) is 12.1 Å². The van der Waals surface area contributed by atoms with Gasteiger partial charge in [0.1, 0.15) is 18.1 Å². The van der Waals surface area contributed by atoms with E-state index >= 15 is 0 Å². The van der Waals surface area contributed by atoms with Crippen molar-refractivity contribution in [3.63, 3.8) is 0 Å². The molecule has 3 nitrogen and oxygen atoms in total. The maximum Gasteiger partial charge on any atom is 0.129 e. The summed E-state index contributed by atoms with van der Waals surface area (Å²) in [7, 11) is 0. The summed E-state index contributed by atoms with van der Waals surface area (Å²) in [6, 6.07) is 3.80. The predicted molar refractivity (Wildman–Crippen MR) is 55.7 cm³/mol. The van der Waals surface area contributed by atoms with Crippen molar-refractivity contribution in [1.29, 1.82) is 0 Å². The van der Waals surface area contributed by atoms with Gasteiger partial charge in [0, 0.05) is 6.61 Å². The summed E-state index contributed by atoms with van der Waals surface area (Å²) in [6.07, 6.45) is 1.09. The smallest absolute Gasteiger partial charge is 0.129 e. The first kappa shape index (κ1) is 11.3. The van der Waals surface area contributed by atoms with Crippen LogP contribution in [0.2, 0.25) is 0 Å². The molecule has 0 saturated carbocycles. The number of nitrogens with two attached hydrogens (primary N) is 1. The van der Waals surface area contributed by atoms with Crippen LogP contribution in [0.15, 0.2) is 16.5 Å². The zero-order valence-electron chi connectivity index (χ0n) is 8.95. The Morgan fingerprint density at radius 3 is 2.64 bits per heavy atom. The molecule has 0 amide bonds. The summed E-state index contributed by atoms with van der Waals surface area (Å²) in [5.74, 6) is 2.35. The third kappa shape index (κ3) is 3.94. The lowest BCUT2D eigenvalue weighted by Gasteiger charge is -2.04. The van der Waals surface area contributed by atoms with Crippen molar-refractivity contribution < 1.29 is 9.15 Å². The summed E-state index contributed by atoms with van der Waals surface area (Å²) >= 11 is 0. The molecular weight excluding hydrogens is 178 g/mol. The molecule has 0 saturated heterocycles. The van der Waals surface area contributed by atoms with Crippen LogP contribution in [0.3, 0.4) is 0 Å². The second-order valence-electron chi connectivity index (χ2n) is 3.81. The normalized spacial score (nSPS) is 11.1. The van der Waals surface area contributed by atoms with Crippen molar-refractivity contribution in [2.24, 2.45) is 11.7 Å². The summed E-state index contributed by atoms with van der Waals surface area (Å²) in [5, 5.41) is 0. The fraction of sp³-hybridized carbons (Fsp3) is 0.636. The molecule has 0 fully saturated rings. The molecule has 80 valence electrons. The Labute approximate surface area is 85.2 Å². The molecule has 3 heteroatoms. The summed E-state index contributed by atoms with van der Waals surface area (Å²) in [6.45, 7) is 6.15. The first-order valence-electron chi connectivity index (χ1n) is 5.07. The first-order valence-corrected chi connectivity index (χ1v) is 5.07. The quantitative estimate of drug-likeness (QED) is 0.712. The van der Waals surface area contributed by atoms with Gasteiger partial charge in [-0.1, -0.05) is 13.8 Å². The Morgan fingerprint density at radius 1 is 1.36 bits per heavy atom. The molecule has 1 heterocycles. The van der Waals surface area contributed by atoms with Crippen molar-refractivity contribution in [2.75, 3.05) is 6.61 Å². The number of rotatable bonds is 6. The van der Waals surface area contributed by atoms with Crippen molar-refractivity contribution in [1.82, 2.24) is 0 Å². The molecule has 0 atom stereocenters. The predicted octanol–water partition coefficient (Wildman–Crippen LogP) is 2.30. The van der Waals surface area contributed by atoms with Crippen LogP contribution in [0, 0.1) is 5.92 Å². The van der Waals surface area contributed by atoms with Gasteiger partial charge in [0.25, 0.3) is 0 Å². The van der Waals surface area contributed by atoms with Gasteiger partial charge in [-0.3, -0.25) is 0 Å². The van der Waals surface area contributed by atoms with E-state index in [1.54, 1.807) is 0 Å². The standard InChI is InChI=1S/C11H19NO2/c1-9(2)5-6-13-8-11-4-3-10(7-12)14-11/h3-4,9H,5-8,12H2,1-2H3. The Hall–Kier alpha value is -0.800. The van der Waals surface area contributed by atoms with E-state index in [0.29, 0.717) is 19.1 Å². The van der Waals surface area contributed by atoms with E-state index in [2.05, 4.69) is 13.8 Å². The Morgan fingerprint density at radius 2 is 2.07 bits per heavy atom. The largest absolute Gasteiger partial charge is 0.462 e. The van der Waals surface area contributed by atoms with Crippen LogP contribution < -0.4 is 5.73 Å². The molecule has 0 aliphatic heterocycles. The fourth-order valence-electron chi connectivity index (χ4n) is 1.10. The van der Waals surface area contributed by atoms with Crippen LogP contribution in [0.4, 0.5) is 0 Å². The van der Waals surface area contributed by atoms with Crippen molar-refractivity contribution in [2.45, 2.75) is 33.4 Å². The van der Waals surface area contributed by atoms with Gasteiger partial charge in [-0.05, 0) is 24.5 Å². The molecule has 0 aliphatic carbocycles. The molecule has 0 radical (unpaired) electrons. The Bertz CT molecular complexity index is 256. The van der Waals surface area contributed by atoms with E-state index in [1.165, 1.54) is 0 Å². The molecule has 14 heavy (non-hydrogen) atoms. The van der Waals surface area contributed by atoms with Crippen molar-refractivity contribution in [3.8, 4) is 0 Å². The lowest BCUT2D eigenvalue weighted by atomic mass is 10.1. The molecule has 0 unspecified atom stereocenters. The van der Waals surface area contributed by atoms with Crippen LogP contribution in [0.5, 0.6) is 0 Å². The van der Waals surface area contributed by atoms with E-state index < -0.39 is 0 Å². The second kappa shape index (κ2) is 5.83. The summed E-state index contributed by atoms with van der Waals surface area (Å²) in [4.78, 5) is 0. The first-order chi connectivity index (χ1) is 6.72. The highest BCUT2D eigenvalue weighted by molar-refractivity contribution is 5.05. The van der Waals surface area contributed by atoms with Crippen LogP contribution in [-0.2, 0) is 17.9 Å². The monoisotopic (exact) mass is 197 g/mol. The highest BCUT2D eigenvalue weighted by atomic mass is 16.5. The lowest BCUT2D eigenvalue weighted by Crippen LogP contribution is -1.98. The number of ether oxygens (including phenoxy) is 1. The molecule has 1 aromatic heterocycles. The van der Waals surface area contributed by atoms with Gasteiger partial charge in [0.2, 0.25) is 0 Å². The summed E-state index contributed by atoms with van der Waals surface area (Å²) < 4.78 is 10.8. The number of hydrogen-bond acceptors (Lipinski definition) is 3. The minimum absolute atomic E-state index is 0.450. The molecule has 1 rings (SSSR count). The zero-order valence-corrected chi connectivity index (χ0v) is 8.95. The van der Waals surface area contributed by atoms with E-state index in [-0.39, 0.29) is 0 Å². The number of hydrogen-bond donors (Lipinski definition) is 1. The molecule has 2 N–H and O–H groups in total. The van der Waals surface area contributed by atoms with Gasteiger partial charge in [-0.2, -0.15) is 0 Å². The average Bonchev–Trinajstić information content (AvgIpc) is 2.60. The van der Waals surface area contributed by atoms with Crippen molar-refractivity contribution >= 4 is 0 Å². The molecule has 1 aromatic rings. The fourth-order valence-corrected chi connectivity index (χ4v) is 1.10. The lowest BCUT2D eigenvalue weighted by molar-refractivity contribution is 0.0962. The van der Waals surface area contributed by atoms with Crippen LogP contribution >= 0.6 is 0 Å². The summed E-state index contributed by atoms with van der Waals surface area (Å²) in [5.41, 5.74) is 5.42. The third-order valence-corrected chi connectivity index (χ3v) is 2.00. The highest BCUT2D eigenvalue weighted by Crippen LogP contribution is 2.09. The minimum atomic E-state index is 0.450. The maximum absolute atomic E-state index is 5.45. The highest BCUT2D eigenvalue weighted by Gasteiger charge is 2.00. The van der Waals surface area contributed by atoms with E-state index in [4.69, 9.17) is 14.9 Å². The Balaban J connectivity index is 2.18. The third-order valence-electron chi connectivity index (χ3n) is 2.00. The van der Waals surface area contributed by atoms with Gasteiger partial charge >= 0.3 is 0 Å². The van der Waals surface area contributed by atoms with Crippen LogP contribution in [0.1, 0.15) is 31.8 Å². The molecule has 0 bridgehead atoms. The van der Waals surface area contributed by atoms with E-state index in [9.17, 15) is 0 Å². The molecule has 0 aliphatic rings. The van der Waals surface area contributed by atoms with Crippen LogP contribution in [0.25, 0.3) is 0 Å². The minimum Gasteiger partial charge on any atom is -0.462 e. The maximum atomic E-state index is 5.45. The average molecular weight is 197 g/mol. The molecular formula is C11H19NO2. The second-order valence-corrected chi connectivity index (χ2v) is 3.81. The van der Waals surface area contributed by atoms with Gasteiger partial charge in [-0.25, -0.2) is 0 Å². The zero-order chi connectivity index (χ0) is 10.4. The molecule has 0 spiro atoms. The van der Waals surface area contributed by atoms with Crippen LogP contribution in [-0.4, -0.2) is 6.61 Å². The SMILES string of the molecule is CC(C)CCOCc1ccc(CN)o1. The Kier molecular flexibility index (Phi) is 4.70. The van der Waals surface area contributed by atoms with Gasteiger partial charge in [0.15, 0.2) is 0 Å². The van der Waals surface area contributed by atoms with Gasteiger partial charge in [-0.15, -0.1) is 0 Å².